The Kier molecular flexibility index (Phi) is 7.60. The van der Waals surface area contributed by atoms with Crippen LogP contribution in [0.2, 0.25) is 0 Å². The summed E-state index contributed by atoms with van der Waals surface area (Å²) in [5, 5.41) is 4.90. The predicted molar refractivity (Wildman–Crippen MR) is 136 cm³/mol. The molecule has 0 N–H and O–H groups in total. The number of rotatable bonds is 9. The van der Waals surface area contributed by atoms with Crippen molar-refractivity contribution in [3.8, 4) is 17.3 Å². The largest absolute Gasteiger partial charge is 0.438 e. The molecule has 4 rings (SSSR count). The Labute approximate surface area is 205 Å². The standard InChI is InChI=1S/C29H30FN3O2/c1-4-18-32(28(34)22-12-7-5-8-13-22)20-26-27(21(2)3)31-33(24-15-9-6-10-16-24)29(26)35-25-17-11-14-23(30)19-25/h5-17,19,21H,4,18,20H2,1-3H3. The number of aromatic nitrogens is 2. The average molecular weight is 472 g/mol. The monoisotopic (exact) mass is 471 g/mol. The number of hydrogen-bond acceptors (Lipinski definition) is 3. The number of carbonyl (C=O) groups is 1. The summed E-state index contributed by atoms with van der Waals surface area (Å²) in [6.07, 6.45) is 0.808. The third kappa shape index (κ3) is 5.60. The second-order valence-electron chi connectivity index (χ2n) is 8.72. The Hall–Kier alpha value is -3.93. The van der Waals surface area contributed by atoms with Crippen LogP contribution >= 0.6 is 0 Å². The molecule has 180 valence electrons. The van der Waals surface area contributed by atoms with E-state index in [0.717, 1.165) is 23.4 Å². The van der Waals surface area contributed by atoms with E-state index in [-0.39, 0.29) is 17.6 Å². The fourth-order valence-corrected chi connectivity index (χ4v) is 4.03. The molecule has 0 saturated heterocycles. The molecule has 0 fully saturated rings. The molecule has 35 heavy (non-hydrogen) atoms. The molecule has 0 bridgehead atoms. The molecule has 1 amide bonds. The van der Waals surface area contributed by atoms with Crippen LogP contribution in [0.5, 0.6) is 11.6 Å². The van der Waals surface area contributed by atoms with E-state index in [9.17, 15) is 9.18 Å². The summed E-state index contributed by atoms with van der Waals surface area (Å²) >= 11 is 0. The van der Waals surface area contributed by atoms with E-state index < -0.39 is 0 Å². The number of carbonyl (C=O) groups excluding carboxylic acids is 1. The van der Waals surface area contributed by atoms with Gasteiger partial charge in [0, 0.05) is 18.2 Å². The highest BCUT2D eigenvalue weighted by molar-refractivity contribution is 5.94. The maximum Gasteiger partial charge on any atom is 0.254 e. The van der Waals surface area contributed by atoms with Crippen LogP contribution in [-0.2, 0) is 6.54 Å². The highest BCUT2D eigenvalue weighted by Crippen LogP contribution is 2.35. The number of halogens is 1. The Morgan fingerprint density at radius 2 is 1.69 bits per heavy atom. The molecular formula is C29H30FN3O2. The fraction of sp³-hybridized carbons (Fsp3) is 0.241. The molecule has 0 unspecified atom stereocenters. The zero-order valence-corrected chi connectivity index (χ0v) is 20.3. The van der Waals surface area contributed by atoms with Gasteiger partial charge in [-0.2, -0.15) is 5.10 Å². The molecule has 3 aromatic carbocycles. The average Bonchev–Trinajstić information content (AvgIpc) is 3.22. The van der Waals surface area contributed by atoms with E-state index >= 15 is 0 Å². The SMILES string of the molecule is CCCN(Cc1c(C(C)C)nn(-c2ccccc2)c1Oc1cccc(F)c1)C(=O)c1ccccc1. The number of nitrogens with zero attached hydrogens (tertiary/aromatic N) is 3. The second kappa shape index (κ2) is 11.0. The molecule has 0 spiro atoms. The van der Waals surface area contributed by atoms with Crippen molar-refractivity contribution in [2.45, 2.75) is 39.7 Å². The van der Waals surface area contributed by atoms with Crippen molar-refractivity contribution >= 4 is 5.91 Å². The summed E-state index contributed by atoms with van der Waals surface area (Å²) in [7, 11) is 0. The van der Waals surface area contributed by atoms with E-state index in [4.69, 9.17) is 9.84 Å². The fourth-order valence-electron chi connectivity index (χ4n) is 4.03. The first-order valence-electron chi connectivity index (χ1n) is 11.9. The number of benzene rings is 3. The van der Waals surface area contributed by atoms with Gasteiger partial charge < -0.3 is 9.64 Å². The lowest BCUT2D eigenvalue weighted by Crippen LogP contribution is -2.31. The number of hydrogen-bond donors (Lipinski definition) is 0. The number of amides is 1. The molecule has 6 heteroatoms. The molecule has 1 heterocycles. The first-order valence-corrected chi connectivity index (χ1v) is 11.9. The molecule has 4 aromatic rings. The minimum absolute atomic E-state index is 0.0497. The smallest absolute Gasteiger partial charge is 0.254 e. The third-order valence-electron chi connectivity index (χ3n) is 5.68. The lowest BCUT2D eigenvalue weighted by Gasteiger charge is -2.23. The number of ether oxygens (including phenoxy) is 1. The molecule has 0 aliphatic rings. The van der Waals surface area contributed by atoms with Crippen LogP contribution < -0.4 is 4.74 Å². The van der Waals surface area contributed by atoms with Gasteiger partial charge in [0.05, 0.1) is 23.5 Å². The van der Waals surface area contributed by atoms with Crippen LogP contribution in [0.15, 0.2) is 84.9 Å². The van der Waals surface area contributed by atoms with Crippen molar-refractivity contribution < 1.29 is 13.9 Å². The third-order valence-corrected chi connectivity index (χ3v) is 5.68. The van der Waals surface area contributed by atoms with Crippen LogP contribution in [0, 0.1) is 5.82 Å². The van der Waals surface area contributed by atoms with Crippen molar-refractivity contribution in [3.05, 3.63) is 108 Å². The van der Waals surface area contributed by atoms with Gasteiger partial charge in [0.1, 0.15) is 11.6 Å². The molecule has 0 saturated carbocycles. The Morgan fingerprint density at radius 3 is 2.31 bits per heavy atom. The van der Waals surface area contributed by atoms with Crippen molar-refractivity contribution in [2.75, 3.05) is 6.54 Å². The van der Waals surface area contributed by atoms with Crippen LogP contribution in [-0.4, -0.2) is 27.1 Å². The summed E-state index contributed by atoms with van der Waals surface area (Å²) < 4.78 is 22.0. The number of para-hydroxylation sites is 1. The molecule has 0 radical (unpaired) electrons. The first kappa shape index (κ1) is 24.2. The van der Waals surface area contributed by atoms with Gasteiger partial charge in [0.2, 0.25) is 5.88 Å². The Morgan fingerprint density at radius 1 is 1.00 bits per heavy atom. The quantitative estimate of drug-likeness (QED) is 0.265. The summed E-state index contributed by atoms with van der Waals surface area (Å²) in [6.45, 7) is 7.09. The van der Waals surface area contributed by atoms with Gasteiger partial charge in [-0.1, -0.05) is 63.2 Å². The van der Waals surface area contributed by atoms with Crippen LogP contribution in [0.4, 0.5) is 4.39 Å². The molecular weight excluding hydrogens is 441 g/mol. The van der Waals surface area contributed by atoms with E-state index in [1.165, 1.54) is 12.1 Å². The van der Waals surface area contributed by atoms with Crippen LogP contribution in [0.1, 0.15) is 54.7 Å². The van der Waals surface area contributed by atoms with Gasteiger partial charge in [-0.3, -0.25) is 4.79 Å². The van der Waals surface area contributed by atoms with Crippen molar-refractivity contribution in [2.24, 2.45) is 0 Å². The molecule has 0 aliphatic heterocycles. The van der Waals surface area contributed by atoms with E-state index in [1.807, 2.05) is 72.5 Å². The van der Waals surface area contributed by atoms with Crippen molar-refractivity contribution in [1.82, 2.24) is 14.7 Å². The molecule has 0 aliphatic carbocycles. The zero-order chi connectivity index (χ0) is 24.8. The maximum atomic E-state index is 14.0. The highest BCUT2D eigenvalue weighted by atomic mass is 19.1. The predicted octanol–water partition coefficient (Wildman–Crippen LogP) is 6.98. The lowest BCUT2D eigenvalue weighted by molar-refractivity contribution is 0.0742. The zero-order valence-electron chi connectivity index (χ0n) is 20.3. The van der Waals surface area contributed by atoms with Crippen molar-refractivity contribution in [3.63, 3.8) is 0 Å². The lowest BCUT2D eigenvalue weighted by atomic mass is 10.0. The van der Waals surface area contributed by atoms with Gasteiger partial charge in [-0.15, -0.1) is 0 Å². The Bertz CT molecular complexity index is 1270. The van der Waals surface area contributed by atoms with Gasteiger partial charge in [-0.25, -0.2) is 9.07 Å². The molecule has 1 aromatic heterocycles. The Balaban J connectivity index is 1.83. The van der Waals surface area contributed by atoms with Crippen LogP contribution in [0.3, 0.4) is 0 Å². The summed E-state index contributed by atoms with van der Waals surface area (Å²) in [5.74, 6) is 0.500. The summed E-state index contributed by atoms with van der Waals surface area (Å²) in [5.41, 5.74) is 3.10. The van der Waals surface area contributed by atoms with Gasteiger partial charge in [0.25, 0.3) is 5.91 Å². The van der Waals surface area contributed by atoms with Crippen LogP contribution in [0.25, 0.3) is 5.69 Å². The second-order valence-corrected chi connectivity index (χ2v) is 8.72. The van der Waals surface area contributed by atoms with Crippen molar-refractivity contribution in [1.29, 1.82) is 0 Å². The highest BCUT2D eigenvalue weighted by Gasteiger charge is 2.27. The topological polar surface area (TPSA) is 47.4 Å². The molecule has 5 nitrogen and oxygen atoms in total. The summed E-state index contributed by atoms with van der Waals surface area (Å²) in [6, 6.07) is 25.0. The van der Waals surface area contributed by atoms with E-state index in [1.54, 1.807) is 16.8 Å². The maximum absolute atomic E-state index is 14.0. The van der Waals surface area contributed by atoms with Gasteiger partial charge in [0.15, 0.2) is 0 Å². The minimum Gasteiger partial charge on any atom is -0.438 e. The minimum atomic E-state index is -0.384. The first-order chi connectivity index (χ1) is 17.0. The normalized spacial score (nSPS) is 11.0. The summed E-state index contributed by atoms with van der Waals surface area (Å²) in [4.78, 5) is 15.2. The molecule has 0 atom stereocenters. The van der Waals surface area contributed by atoms with E-state index in [0.29, 0.717) is 30.3 Å². The van der Waals surface area contributed by atoms with E-state index in [2.05, 4.69) is 13.8 Å². The van der Waals surface area contributed by atoms with Gasteiger partial charge in [-0.05, 0) is 48.7 Å². The van der Waals surface area contributed by atoms with Gasteiger partial charge >= 0.3 is 0 Å².